The zero-order valence-corrected chi connectivity index (χ0v) is 18.8. The van der Waals surface area contributed by atoms with Gasteiger partial charge in [-0.05, 0) is 56.9 Å². The Morgan fingerprint density at radius 3 is 2.32 bits per heavy atom. The van der Waals surface area contributed by atoms with E-state index < -0.39 is 16.0 Å². The normalized spacial score (nSPS) is 23.1. The summed E-state index contributed by atoms with van der Waals surface area (Å²) in [6.45, 7) is 5.19. The maximum absolute atomic E-state index is 12.6. The van der Waals surface area contributed by atoms with Gasteiger partial charge in [-0.1, -0.05) is 12.1 Å². The molecular formula is C22H30N2O6S. The van der Waals surface area contributed by atoms with Gasteiger partial charge < -0.3 is 14.4 Å². The molecule has 2 unspecified atom stereocenters. The van der Waals surface area contributed by atoms with Crippen LogP contribution < -0.4 is 0 Å². The standard InChI is InChI=1S/C22H30N2O6S/c1-17-4-3-5-18(2)24(17)21(25)16-30-22(26)11-8-19-6-9-20(10-7-19)31(27,28)23-12-14-29-15-13-23/h6-11,17-18H,3-5,12-16H2,1-2H3/b11-8+. The second kappa shape index (κ2) is 10.4. The maximum atomic E-state index is 12.6. The van der Waals surface area contributed by atoms with Crippen LogP contribution in [0, 0.1) is 0 Å². The van der Waals surface area contributed by atoms with Crippen LogP contribution in [0.3, 0.4) is 0 Å². The lowest BCUT2D eigenvalue weighted by Crippen LogP contribution is -2.49. The molecule has 2 atom stereocenters. The Hall–Kier alpha value is -2.23. The molecule has 0 saturated carbocycles. The molecular weight excluding hydrogens is 420 g/mol. The number of sulfonamides is 1. The summed E-state index contributed by atoms with van der Waals surface area (Å²) in [5.74, 6) is -0.796. The van der Waals surface area contributed by atoms with Gasteiger partial charge in [0.1, 0.15) is 0 Å². The number of rotatable bonds is 6. The molecule has 1 aromatic carbocycles. The monoisotopic (exact) mass is 450 g/mol. The lowest BCUT2D eigenvalue weighted by Gasteiger charge is -2.38. The highest BCUT2D eigenvalue weighted by Crippen LogP contribution is 2.22. The van der Waals surface area contributed by atoms with Crippen molar-refractivity contribution < 1.29 is 27.5 Å². The summed E-state index contributed by atoms with van der Waals surface area (Å²) in [6, 6.07) is 6.57. The highest BCUT2D eigenvalue weighted by molar-refractivity contribution is 7.89. The van der Waals surface area contributed by atoms with Gasteiger partial charge in [0.15, 0.2) is 6.61 Å². The quantitative estimate of drug-likeness (QED) is 0.487. The zero-order chi connectivity index (χ0) is 22.4. The van der Waals surface area contributed by atoms with Crippen LogP contribution >= 0.6 is 0 Å². The first-order chi connectivity index (χ1) is 14.8. The number of likely N-dealkylation sites (tertiary alicyclic amines) is 1. The van der Waals surface area contributed by atoms with E-state index in [1.54, 1.807) is 17.0 Å². The number of hydrogen-bond donors (Lipinski definition) is 0. The molecule has 170 valence electrons. The van der Waals surface area contributed by atoms with Crippen LogP contribution in [0.25, 0.3) is 6.08 Å². The molecule has 0 spiro atoms. The number of piperidine rings is 1. The Morgan fingerprint density at radius 2 is 1.71 bits per heavy atom. The third-order valence-corrected chi connectivity index (χ3v) is 7.63. The predicted molar refractivity (Wildman–Crippen MR) is 116 cm³/mol. The van der Waals surface area contributed by atoms with Crippen molar-refractivity contribution in [2.45, 2.75) is 50.1 Å². The van der Waals surface area contributed by atoms with E-state index in [2.05, 4.69) is 0 Å². The number of morpholine rings is 1. The number of carbonyl (C=O) groups is 2. The average molecular weight is 451 g/mol. The first-order valence-electron chi connectivity index (χ1n) is 10.6. The molecule has 0 aromatic heterocycles. The molecule has 9 heteroatoms. The molecule has 0 radical (unpaired) electrons. The van der Waals surface area contributed by atoms with E-state index >= 15 is 0 Å². The van der Waals surface area contributed by atoms with E-state index in [0.29, 0.717) is 31.9 Å². The minimum atomic E-state index is -3.55. The van der Waals surface area contributed by atoms with E-state index in [1.807, 2.05) is 13.8 Å². The van der Waals surface area contributed by atoms with E-state index in [9.17, 15) is 18.0 Å². The molecule has 31 heavy (non-hydrogen) atoms. The Morgan fingerprint density at radius 1 is 1.10 bits per heavy atom. The second-order valence-corrected chi connectivity index (χ2v) is 9.89. The summed E-state index contributed by atoms with van der Waals surface area (Å²) in [5.41, 5.74) is 0.655. The summed E-state index contributed by atoms with van der Waals surface area (Å²) in [5, 5.41) is 0. The third kappa shape index (κ3) is 5.93. The van der Waals surface area contributed by atoms with Gasteiger partial charge in [-0.15, -0.1) is 0 Å². The van der Waals surface area contributed by atoms with Crippen molar-refractivity contribution in [2.24, 2.45) is 0 Å². The van der Waals surface area contributed by atoms with Gasteiger partial charge in [-0.3, -0.25) is 4.79 Å². The third-order valence-electron chi connectivity index (χ3n) is 5.72. The van der Waals surface area contributed by atoms with E-state index in [-0.39, 0.29) is 29.5 Å². The van der Waals surface area contributed by atoms with Crippen LogP contribution in [0.5, 0.6) is 0 Å². The fourth-order valence-corrected chi connectivity index (χ4v) is 5.43. The highest BCUT2D eigenvalue weighted by Gasteiger charge is 2.29. The zero-order valence-electron chi connectivity index (χ0n) is 18.0. The number of amides is 1. The molecule has 2 aliphatic rings. The molecule has 8 nitrogen and oxygen atoms in total. The number of esters is 1. The summed E-state index contributed by atoms with van der Waals surface area (Å²) in [7, 11) is -3.55. The maximum Gasteiger partial charge on any atom is 0.331 e. The van der Waals surface area contributed by atoms with E-state index in [4.69, 9.17) is 9.47 Å². The summed E-state index contributed by atoms with van der Waals surface area (Å²) >= 11 is 0. The van der Waals surface area contributed by atoms with Crippen molar-refractivity contribution >= 4 is 28.0 Å². The molecule has 0 bridgehead atoms. The minimum Gasteiger partial charge on any atom is -0.452 e. The molecule has 2 aliphatic heterocycles. The highest BCUT2D eigenvalue weighted by atomic mass is 32.2. The van der Waals surface area contributed by atoms with Crippen LogP contribution in [-0.4, -0.2) is 74.5 Å². The minimum absolute atomic E-state index is 0.151. The van der Waals surface area contributed by atoms with Crippen LogP contribution in [0.4, 0.5) is 0 Å². The van der Waals surface area contributed by atoms with Gasteiger partial charge in [-0.2, -0.15) is 4.31 Å². The molecule has 0 N–H and O–H groups in total. The SMILES string of the molecule is CC1CCCC(C)N1C(=O)COC(=O)/C=C/c1ccc(S(=O)(=O)N2CCOCC2)cc1. The average Bonchev–Trinajstić information content (AvgIpc) is 2.77. The molecule has 1 amide bonds. The predicted octanol–water partition coefficient (Wildman–Crippen LogP) is 2.05. The molecule has 2 heterocycles. The number of carbonyl (C=O) groups excluding carboxylic acids is 2. The lowest BCUT2D eigenvalue weighted by molar-refractivity contribution is -0.151. The van der Waals surface area contributed by atoms with Crippen molar-refractivity contribution in [1.82, 2.24) is 9.21 Å². The molecule has 2 fully saturated rings. The Kier molecular flexibility index (Phi) is 7.85. The number of hydrogen-bond acceptors (Lipinski definition) is 6. The van der Waals surface area contributed by atoms with Crippen LogP contribution in [0.15, 0.2) is 35.2 Å². The lowest BCUT2D eigenvalue weighted by atomic mass is 9.97. The van der Waals surface area contributed by atoms with Crippen LogP contribution in [0.1, 0.15) is 38.7 Å². The Labute approximate surface area is 183 Å². The summed E-state index contributed by atoms with van der Waals surface area (Å²) < 4.78 is 37.0. The van der Waals surface area contributed by atoms with Gasteiger partial charge in [0.2, 0.25) is 10.0 Å². The van der Waals surface area contributed by atoms with Crippen molar-refractivity contribution in [3.63, 3.8) is 0 Å². The molecule has 2 saturated heterocycles. The van der Waals surface area contributed by atoms with Crippen molar-refractivity contribution in [1.29, 1.82) is 0 Å². The molecule has 3 rings (SSSR count). The van der Waals surface area contributed by atoms with Crippen molar-refractivity contribution in [2.75, 3.05) is 32.9 Å². The van der Waals surface area contributed by atoms with Gasteiger partial charge in [-0.25, -0.2) is 13.2 Å². The molecule has 0 aliphatic carbocycles. The van der Waals surface area contributed by atoms with Crippen molar-refractivity contribution in [3.8, 4) is 0 Å². The molecule has 1 aromatic rings. The summed E-state index contributed by atoms with van der Waals surface area (Å²) in [6.07, 6.45) is 5.79. The van der Waals surface area contributed by atoms with Crippen molar-refractivity contribution in [3.05, 3.63) is 35.9 Å². The van der Waals surface area contributed by atoms with Crippen LogP contribution in [0.2, 0.25) is 0 Å². The van der Waals surface area contributed by atoms with Gasteiger partial charge in [0, 0.05) is 31.2 Å². The largest absolute Gasteiger partial charge is 0.452 e. The number of nitrogens with zero attached hydrogens (tertiary/aromatic N) is 2. The first kappa shape index (κ1) is 23.4. The first-order valence-corrected chi connectivity index (χ1v) is 12.1. The smallest absolute Gasteiger partial charge is 0.331 e. The van der Waals surface area contributed by atoms with Gasteiger partial charge >= 0.3 is 5.97 Å². The number of benzene rings is 1. The second-order valence-electron chi connectivity index (χ2n) is 7.96. The topological polar surface area (TPSA) is 93.2 Å². The number of ether oxygens (including phenoxy) is 2. The van der Waals surface area contributed by atoms with Gasteiger partial charge in [0.25, 0.3) is 5.91 Å². The Balaban J connectivity index is 1.53. The van der Waals surface area contributed by atoms with E-state index in [1.165, 1.54) is 28.6 Å². The van der Waals surface area contributed by atoms with Gasteiger partial charge in [0.05, 0.1) is 18.1 Å². The fourth-order valence-electron chi connectivity index (χ4n) is 4.02. The fraction of sp³-hybridized carbons (Fsp3) is 0.545. The Bertz CT molecular complexity index is 896. The summed E-state index contributed by atoms with van der Waals surface area (Å²) in [4.78, 5) is 26.4. The van der Waals surface area contributed by atoms with Crippen LogP contribution in [-0.2, 0) is 29.1 Å². The van der Waals surface area contributed by atoms with E-state index in [0.717, 1.165) is 19.3 Å².